The van der Waals surface area contributed by atoms with Crippen LogP contribution in [-0.4, -0.2) is 153 Å². The molecule has 2 aromatic heterocycles. The van der Waals surface area contributed by atoms with Crippen LogP contribution in [0, 0.1) is 18.3 Å². The number of ether oxygens (including phenoxy) is 5. The number of alkyl carbamates (subject to hydrolysis) is 1. The van der Waals surface area contributed by atoms with Gasteiger partial charge in [0, 0.05) is 65.2 Å². The Bertz CT molecular complexity index is 3490. The lowest BCUT2D eigenvalue weighted by atomic mass is 9.83. The van der Waals surface area contributed by atoms with Gasteiger partial charge < -0.3 is 54.3 Å². The number of anilines is 1. The molecule has 90 heavy (non-hydrogen) atoms. The number of esters is 1. The number of likely N-dealkylation sites (tertiary alicyclic amines) is 1. The zero-order chi connectivity index (χ0) is 64.8. The number of rotatable bonds is 18. The predicted molar refractivity (Wildman–Crippen MR) is 337 cm³/mol. The highest BCUT2D eigenvalue weighted by molar-refractivity contribution is 7.13. The predicted octanol–water partition coefficient (Wildman–Crippen LogP) is 7.77. The van der Waals surface area contributed by atoms with Crippen LogP contribution in [0.15, 0.2) is 96.2 Å². The summed E-state index contributed by atoms with van der Waals surface area (Å²) in [4.78, 5) is 91.1. The Morgan fingerprint density at radius 1 is 1.01 bits per heavy atom. The third-order valence-electron chi connectivity index (χ3n) is 17.4. The van der Waals surface area contributed by atoms with Crippen molar-refractivity contribution < 1.29 is 62.7 Å². The number of methoxy groups -OCH3 is 2. The van der Waals surface area contributed by atoms with E-state index < -0.39 is 89.1 Å². The highest BCUT2D eigenvalue weighted by Crippen LogP contribution is 2.49. The lowest BCUT2D eigenvalue weighted by Crippen LogP contribution is -2.63. The Kier molecular flexibility index (Phi) is 21.0. The van der Waals surface area contributed by atoms with Gasteiger partial charge in [0.1, 0.15) is 46.8 Å². The van der Waals surface area contributed by atoms with Crippen LogP contribution >= 0.6 is 22.9 Å². The summed E-state index contributed by atoms with van der Waals surface area (Å²) < 4.78 is 31.4. The minimum atomic E-state index is -1.85. The summed E-state index contributed by atoms with van der Waals surface area (Å²) in [6, 6.07) is 16.5. The van der Waals surface area contributed by atoms with E-state index >= 15 is 0 Å². The normalized spacial score (nSPS) is 25.8. The zero-order valence-electron chi connectivity index (χ0n) is 52.6. The topological polar surface area (TPSA) is 278 Å². The maximum Gasteiger partial charge on any atom is 0.409 e. The molecule has 24 heteroatoms. The fraction of sp³-hybridized carbons (Fsp3) is 0.500. The van der Waals surface area contributed by atoms with Gasteiger partial charge >= 0.3 is 12.1 Å². The molecule has 9 rings (SSSR count). The number of unbranched alkanes of at least 4 members (excludes halogenated alkanes) is 1. The molecule has 0 radical (unpaired) electrons. The maximum atomic E-state index is 14.4. The number of carbonyl (C=O) groups excluding carboxylic acids is 6. The fourth-order valence-electron chi connectivity index (χ4n) is 12.0. The third kappa shape index (κ3) is 15.8. The van der Waals surface area contributed by atoms with Gasteiger partial charge in [-0.3, -0.25) is 29.2 Å². The Labute approximate surface area is 533 Å². The first-order valence-electron chi connectivity index (χ1n) is 30.4. The Hall–Kier alpha value is -7.54. The lowest BCUT2D eigenvalue weighted by molar-refractivity contribution is -0.144. The van der Waals surface area contributed by atoms with Crippen LogP contribution in [0.1, 0.15) is 119 Å². The van der Waals surface area contributed by atoms with Crippen molar-refractivity contribution in [2.45, 2.75) is 173 Å². The highest BCUT2D eigenvalue weighted by Gasteiger charge is 2.64. The molecule has 4 aliphatic rings. The molecular formula is C66H82ClN9O13S. The molecule has 3 fully saturated rings. The molecule has 5 amide bonds. The lowest BCUT2D eigenvalue weighted by Gasteiger charge is -2.42. The Morgan fingerprint density at radius 3 is 2.43 bits per heavy atom. The van der Waals surface area contributed by atoms with E-state index in [1.165, 1.54) is 24.0 Å². The molecule has 4 aliphatic heterocycles. The molecule has 22 nitrogen and oxygen atoms in total. The maximum absolute atomic E-state index is 14.4. The summed E-state index contributed by atoms with van der Waals surface area (Å²) in [6.45, 7) is 13.7. The molecule has 3 saturated heterocycles. The van der Waals surface area contributed by atoms with Crippen LogP contribution in [0.5, 0.6) is 5.75 Å². The molecule has 5 aromatic rings. The molecule has 5 N–H and O–H groups in total. The first-order valence-corrected chi connectivity index (χ1v) is 31.7. The van der Waals surface area contributed by atoms with E-state index in [1.807, 2.05) is 95.7 Å². The molecule has 0 aliphatic carbocycles. The number of aryl methyl sites for hydroxylation is 4. The van der Waals surface area contributed by atoms with Gasteiger partial charge in [0.2, 0.25) is 23.6 Å². The number of aliphatic hydroxyl groups excluding tert-OH is 1. The number of hydrogen-bond donors (Lipinski definition) is 5. The average molecular weight is 1280 g/mol. The molecule has 0 unspecified atom stereocenters. The molecule has 482 valence electrons. The van der Waals surface area contributed by atoms with Gasteiger partial charge in [-0.1, -0.05) is 105 Å². The number of benzene rings is 3. The highest BCUT2D eigenvalue weighted by atomic mass is 35.5. The Balaban J connectivity index is 0.776. The number of nitrogens with zero attached hydrogens (tertiary/aromatic N) is 6. The van der Waals surface area contributed by atoms with Crippen LogP contribution < -0.4 is 25.6 Å². The van der Waals surface area contributed by atoms with Crippen molar-refractivity contribution in [3.63, 3.8) is 0 Å². The summed E-state index contributed by atoms with van der Waals surface area (Å²) in [5, 5.41) is 39.9. The molecule has 0 saturated carbocycles. The van der Waals surface area contributed by atoms with Crippen molar-refractivity contribution in [2.24, 2.45) is 11.3 Å². The van der Waals surface area contributed by atoms with E-state index in [2.05, 4.69) is 31.2 Å². The van der Waals surface area contributed by atoms with Gasteiger partial charge in [-0.15, -0.1) is 16.4 Å². The smallest absolute Gasteiger partial charge is 0.409 e. The van der Waals surface area contributed by atoms with E-state index in [1.54, 1.807) is 66.4 Å². The first kappa shape index (κ1) is 66.9. The number of β-amino-alcohol motifs (C(OH)–C–C–N with tert-alkyl or cyclic N) is 1. The Morgan fingerprint density at radius 2 is 1.74 bits per heavy atom. The number of aromatic nitrogens is 4. The summed E-state index contributed by atoms with van der Waals surface area (Å²) in [5.41, 5.74) is 4.88. The van der Waals surface area contributed by atoms with Gasteiger partial charge in [-0.05, 0) is 105 Å². The quantitative estimate of drug-likeness (QED) is 0.0318. The molecule has 4 bridgehead atoms. The zero-order valence-corrected chi connectivity index (χ0v) is 54.2. The fourth-order valence-corrected chi connectivity index (χ4v) is 13.1. The van der Waals surface area contributed by atoms with Crippen molar-refractivity contribution in [1.29, 1.82) is 0 Å². The average Bonchev–Trinajstić information content (AvgIpc) is 1.57. The van der Waals surface area contributed by atoms with Crippen molar-refractivity contribution in [1.82, 2.24) is 40.8 Å². The summed E-state index contributed by atoms with van der Waals surface area (Å²) in [5.74, 6) is -2.41. The van der Waals surface area contributed by atoms with E-state index in [-0.39, 0.29) is 61.2 Å². The van der Waals surface area contributed by atoms with Gasteiger partial charge in [0.15, 0.2) is 5.72 Å². The van der Waals surface area contributed by atoms with Gasteiger partial charge in [-0.2, -0.15) is 0 Å². The van der Waals surface area contributed by atoms with E-state index in [0.29, 0.717) is 50.1 Å². The van der Waals surface area contributed by atoms with Crippen molar-refractivity contribution in [3.05, 3.63) is 135 Å². The van der Waals surface area contributed by atoms with Crippen LogP contribution in [0.3, 0.4) is 0 Å². The van der Waals surface area contributed by atoms with Crippen LogP contribution in [0.2, 0.25) is 5.02 Å². The summed E-state index contributed by atoms with van der Waals surface area (Å²) in [7, 11) is 4.52. The minimum Gasteiger partial charge on any atom is -0.495 e. The van der Waals surface area contributed by atoms with Crippen molar-refractivity contribution >= 4 is 64.3 Å². The molecule has 3 aromatic carbocycles. The number of amides is 5. The van der Waals surface area contributed by atoms with Crippen molar-refractivity contribution in [3.8, 4) is 16.2 Å². The minimum absolute atomic E-state index is 0.0236. The monoisotopic (exact) mass is 1280 g/mol. The number of epoxide rings is 1. The third-order valence-corrected chi connectivity index (χ3v) is 18.8. The summed E-state index contributed by atoms with van der Waals surface area (Å²) in [6.07, 6.45) is 4.29. The standard InChI is InChI=1S/C66H82ClN9O13S/c1-38-14-13-16-52(86-10)66(84)33-51(87-63(83)71-66)39(2)59-65(7,89-59)53(32-55(79)74(8)48-29-43(28-38)30-50(85-9)56(48)67)88-62(82)45-24-18-41(19-25-45)26-27-75-35-46(72-73-75)15-11-12-17-54(78)70-58(64(4,5)6)61(81)76-36-47(77)31-49(76)60(80)68-34-42-20-22-44(23-21-42)57-40(3)69-37-90-57/h13-14,16,18-25,29-30,35,37,39,47,49,51-53,58-59,77,84H,11-12,15,17,26-28,31-34,36H2,1-10H3,(H,68,80)(H,70,78)(H,71,83)/b16-13+,38-14+/t39-,47-,49+,51+,52-,53+,58+,59+,65+,66+/m1/s1. The van der Waals surface area contributed by atoms with Gasteiger partial charge in [0.05, 0.1) is 58.8 Å². The van der Waals surface area contributed by atoms with E-state index in [4.69, 9.17) is 35.3 Å². The number of thiazole rings is 1. The summed E-state index contributed by atoms with van der Waals surface area (Å²) >= 11 is 8.43. The van der Waals surface area contributed by atoms with E-state index in [9.17, 15) is 39.0 Å². The van der Waals surface area contributed by atoms with Crippen molar-refractivity contribution in [2.75, 3.05) is 32.7 Å². The van der Waals surface area contributed by atoms with Crippen LogP contribution in [0.25, 0.3) is 10.4 Å². The number of halogens is 1. The number of allylic oxidation sites excluding steroid dienone is 3. The number of carbonyl (C=O) groups is 6. The number of fused-ring (bicyclic) bond motifs is 5. The largest absolute Gasteiger partial charge is 0.495 e. The number of aliphatic hydroxyl groups is 2. The van der Waals surface area contributed by atoms with E-state index in [0.717, 1.165) is 44.1 Å². The SMILES string of the molecule is COc1cc2cc(c1Cl)N(C)C(=O)C[C@H](OC(=O)c1ccc(CCn3cc(CCCCC(=O)N[C@@H](C(=O)N4C[C@H](O)C[C@H]4C(=O)NCc4ccc(-c5scnc5C)cc4)C(C)(C)C)nn3)cc1)[C@]1(C)O[C@H]1[C@H](C)[C@@H]1C[C@@](O)(NC(=O)O1)[C@H](OC)/C=C/C=C(\C)C2. The molecule has 0 spiro atoms. The molecule has 6 heterocycles. The van der Waals surface area contributed by atoms with Gasteiger partial charge in [0.25, 0.3) is 0 Å². The first-order chi connectivity index (χ1) is 42.8. The number of hydrogen-bond acceptors (Lipinski definition) is 17. The second kappa shape index (κ2) is 28.3. The second-order valence-corrected chi connectivity index (χ2v) is 26.5. The van der Waals surface area contributed by atoms with Crippen LogP contribution in [0.4, 0.5) is 10.5 Å². The molecular weight excluding hydrogens is 1190 g/mol. The van der Waals surface area contributed by atoms with Crippen LogP contribution in [-0.2, 0) is 70.5 Å². The second-order valence-electron chi connectivity index (χ2n) is 25.3. The molecule has 10 atom stereocenters. The van der Waals surface area contributed by atoms with Gasteiger partial charge in [-0.25, -0.2) is 14.6 Å². The number of nitrogens with one attached hydrogen (secondary N) is 3.